The van der Waals surface area contributed by atoms with Crippen molar-refractivity contribution in [1.82, 2.24) is 0 Å². The van der Waals surface area contributed by atoms with Crippen molar-refractivity contribution in [2.75, 3.05) is 0 Å². The van der Waals surface area contributed by atoms with Gasteiger partial charge < -0.3 is 0 Å². The zero-order chi connectivity index (χ0) is 19.7. The van der Waals surface area contributed by atoms with Gasteiger partial charge in [-0.15, -0.1) is 0 Å². The third-order valence-corrected chi connectivity index (χ3v) is 3.11. The van der Waals surface area contributed by atoms with Gasteiger partial charge in [-0.3, -0.25) is 0 Å². The van der Waals surface area contributed by atoms with Gasteiger partial charge in [-0.1, -0.05) is 24.2 Å². The number of hydrogen-bond donors (Lipinski definition) is 0. The van der Waals surface area contributed by atoms with Crippen molar-refractivity contribution >= 4 is 0 Å². The summed E-state index contributed by atoms with van der Waals surface area (Å²) in [7, 11) is 0. The Balaban J connectivity index is 3.24. The first-order valence-corrected chi connectivity index (χ1v) is 8.39. The van der Waals surface area contributed by atoms with Crippen LogP contribution in [0.2, 0.25) is 0 Å². The van der Waals surface area contributed by atoms with Gasteiger partial charge in [0.15, 0.2) is 0 Å². The molecular weight excluding hydrogens is 304 g/mol. The summed E-state index contributed by atoms with van der Waals surface area (Å²) in [4.78, 5) is 22.5. The van der Waals surface area contributed by atoms with E-state index >= 15 is 0 Å². The Morgan fingerprint density at radius 2 is 1.04 bits per heavy atom. The van der Waals surface area contributed by atoms with E-state index in [1.807, 2.05) is 81.4 Å². The maximum atomic E-state index is 8.40. The van der Waals surface area contributed by atoms with Crippen molar-refractivity contribution < 1.29 is 20.9 Å². The summed E-state index contributed by atoms with van der Waals surface area (Å²) in [5.41, 5.74) is -0.938. The van der Waals surface area contributed by atoms with Gasteiger partial charge in [0.05, 0.1) is 12.6 Å². The summed E-state index contributed by atoms with van der Waals surface area (Å²) in [6, 6.07) is 5.88. The SMILES string of the molecule is [2H]c1cccc(C(C)(C)OOC(C)(C)C)c1C(C)(C)OOC(C)(C)C. The van der Waals surface area contributed by atoms with Gasteiger partial charge in [0.1, 0.15) is 11.2 Å². The molecule has 0 fully saturated rings. The topological polar surface area (TPSA) is 36.9 Å². The van der Waals surface area contributed by atoms with Gasteiger partial charge >= 0.3 is 0 Å². The highest BCUT2D eigenvalue weighted by Crippen LogP contribution is 2.37. The van der Waals surface area contributed by atoms with Crippen molar-refractivity contribution in [3.05, 3.63) is 35.4 Å². The number of benzene rings is 1. The lowest BCUT2D eigenvalue weighted by molar-refractivity contribution is -0.407. The molecule has 24 heavy (non-hydrogen) atoms. The maximum absolute atomic E-state index is 8.40. The highest BCUT2D eigenvalue weighted by Gasteiger charge is 2.35. The van der Waals surface area contributed by atoms with E-state index in [1.54, 1.807) is 6.07 Å². The van der Waals surface area contributed by atoms with E-state index in [9.17, 15) is 0 Å². The van der Waals surface area contributed by atoms with Gasteiger partial charge in [0, 0.05) is 0 Å². The first-order valence-electron chi connectivity index (χ1n) is 8.89. The smallest absolute Gasteiger partial charge is 0.123 e. The van der Waals surface area contributed by atoms with Crippen molar-refractivity contribution in [1.29, 1.82) is 0 Å². The van der Waals surface area contributed by atoms with Crippen LogP contribution in [0.5, 0.6) is 0 Å². The fourth-order valence-corrected chi connectivity index (χ4v) is 1.98. The normalized spacial score (nSPS) is 14.7. The molecule has 4 nitrogen and oxygen atoms in total. The molecule has 0 heterocycles. The van der Waals surface area contributed by atoms with Gasteiger partial charge in [-0.25, -0.2) is 19.6 Å². The molecule has 0 N–H and O–H groups in total. The largest absolute Gasteiger partial charge is 0.230 e. The Labute approximate surface area is 148 Å². The highest BCUT2D eigenvalue weighted by molar-refractivity contribution is 5.35. The Bertz CT molecular complexity index is 580. The minimum absolute atomic E-state index is 0.368. The van der Waals surface area contributed by atoms with E-state index in [0.29, 0.717) is 11.6 Å². The highest BCUT2D eigenvalue weighted by atomic mass is 17.2. The summed E-state index contributed by atoms with van der Waals surface area (Å²) in [6.07, 6.45) is 0. The second-order valence-electron chi connectivity index (χ2n) is 9.04. The standard InChI is InChI=1S/C20H34O4/c1-17(2,3)21-23-19(7,8)15-13-11-12-14-16(15)20(9,10)24-22-18(4,5)6/h11-14H,1-10H3/i13D. The monoisotopic (exact) mass is 339 g/mol. The molecule has 1 aromatic carbocycles. The zero-order valence-electron chi connectivity index (χ0n) is 17.9. The second-order valence-corrected chi connectivity index (χ2v) is 9.04. The van der Waals surface area contributed by atoms with Crippen LogP contribution < -0.4 is 0 Å². The van der Waals surface area contributed by atoms with Gasteiger partial charge in [0.25, 0.3) is 0 Å². The maximum Gasteiger partial charge on any atom is 0.123 e. The van der Waals surface area contributed by atoms with Gasteiger partial charge in [-0.05, 0) is 80.4 Å². The predicted octanol–water partition coefficient (Wildman–Crippen LogP) is 5.65. The van der Waals surface area contributed by atoms with Crippen LogP contribution >= 0.6 is 0 Å². The van der Waals surface area contributed by atoms with Crippen LogP contribution in [0.1, 0.15) is 81.7 Å². The Morgan fingerprint density at radius 3 is 1.46 bits per heavy atom. The first kappa shape index (κ1) is 19.4. The van der Waals surface area contributed by atoms with E-state index in [1.165, 1.54) is 0 Å². The average molecular weight is 339 g/mol. The zero-order valence-corrected chi connectivity index (χ0v) is 16.9. The van der Waals surface area contributed by atoms with E-state index < -0.39 is 22.4 Å². The lowest BCUT2D eigenvalue weighted by Crippen LogP contribution is -2.34. The third kappa shape index (κ3) is 6.52. The van der Waals surface area contributed by atoms with E-state index in [2.05, 4.69) is 0 Å². The van der Waals surface area contributed by atoms with Crippen LogP contribution in [-0.4, -0.2) is 11.2 Å². The lowest BCUT2D eigenvalue weighted by Gasteiger charge is -2.35. The quantitative estimate of drug-likeness (QED) is 0.496. The van der Waals surface area contributed by atoms with Crippen LogP contribution in [0, 0.1) is 0 Å². The molecule has 0 unspecified atom stereocenters. The molecule has 0 saturated carbocycles. The van der Waals surface area contributed by atoms with E-state index in [4.69, 9.17) is 20.9 Å². The van der Waals surface area contributed by atoms with Crippen LogP contribution in [0.15, 0.2) is 24.2 Å². The molecule has 0 radical (unpaired) electrons. The van der Waals surface area contributed by atoms with Crippen LogP contribution in [0.25, 0.3) is 0 Å². The molecule has 0 aliphatic heterocycles. The van der Waals surface area contributed by atoms with Crippen molar-refractivity contribution in [2.45, 2.75) is 91.6 Å². The number of hydrogen-bond acceptors (Lipinski definition) is 4. The molecule has 0 atom stereocenters. The van der Waals surface area contributed by atoms with Gasteiger partial charge in [-0.2, -0.15) is 0 Å². The molecule has 1 rings (SSSR count). The molecule has 0 amide bonds. The molecular formula is C20H34O4. The summed E-state index contributed by atoms with van der Waals surface area (Å²) < 4.78 is 8.40. The summed E-state index contributed by atoms with van der Waals surface area (Å²) >= 11 is 0. The summed E-state index contributed by atoms with van der Waals surface area (Å²) in [6.45, 7) is 19.1. The fraction of sp³-hybridized carbons (Fsp3) is 0.700. The third-order valence-electron chi connectivity index (χ3n) is 3.11. The lowest BCUT2D eigenvalue weighted by atomic mass is 9.85. The van der Waals surface area contributed by atoms with Crippen molar-refractivity contribution in [2.24, 2.45) is 0 Å². The Morgan fingerprint density at radius 1 is 0.625 bits per heavy atom. The second kappa shape index (κ2) is 7.12. The van der Waals surface area contributed by atoms with E-state index in [0.717, 1.165) is 5.56 Å². The summed E-state index contributed by atoms with van der Waals surface area (Å²) in [5, 5.41) is 0. The molecule has 4 heteroatoms. The average Bonchev–Trinajstić information content (AvgIpc) is 2.41. The molecule has 1 aromatic rings. The number of rotatable bonds is 6. The minimum Gasteiger partial charge on any atom is -0.230 e. The van der Waals surface area contributed by atoms with Crippen LogP contribution in [0.4, 0.5) is 0 Å². The molecule has 0 spiro atoms. The van der Waals surface area contributed by atoms with Gasteiger partial charge in [0.2, 0.25) is 0 Å². The molecule has 0 aromatic heterocycles. The molecule has 0 bridgehead atoms. The van der Waals surface area contributed by atoms with Crippen LogP contribution in [0.3, 0.4) is 0 Å². The van der Waals surface area contributed by atoms with Crippen LogP contribution in [-0.2, 0) is 30.8 Å². The first-order chi connectivity index (χ1) is 11.1. The molecule has 0 aliphatic rings. The van der Waals surface area contributed by atoms with E-state index in [-0.39, 0.29) is 0 Å². The Hall–Kier alpha value is -0.940. The van der Waals surface area contributed by atoms with Crippen molar-refractivity contribution in [3.8, 4) is 0 Å². The predicted molar refractivity (Wildman–Crippen MR) is 96.3 cm³/mol. The molecule has 138 valence electrons. The minimum atomic E-state index is -0.830. The Kier molecular flexibility index (Phi) is 5.75. The molecule has 0 aliphatic carbocycles. The molecule has 0 saturated heterocycles. The summed E-state index contributed by atoms with van der Waals surface area (Å²) in [5.74, 6) is 0. The van der Waals surface area contributed by atoms with Crippen molar-refractivity contribution in [3.63, 3.8) is 0 Å². The fourth-order valence-electron chi connectivity index (χ4n) is 1.98.